The standard InChI is InChI=1S/C13H14Cl2N4S/c1-8-4-3-5-11(9(8)2)19-12(16-17-18-19)20-7-10-6-13(10,14)15/h3-5,10H,6-7H2,1-2H3. The van der Waals surface area contributed by atoms with Crippen LogP contribution in [0.2, 0.25) is 0 Å². The zero-order chi connectivity index (χ0) is 14.3. The second-order valence-corrected chi connectivity index (χ2v) is 7.59. The molecule has 0 saturated heterocycles. The molecule has 1 saturated carbocycles. The minimum absolute atomic E-state index is 0.319. The van der Waals surface area contributed by atoms with Gasteiger partial charge in [-0.25, -0.2) is 0 Å². The number of aromatic nitrogens is 4. The number of nitrogens with zero attached hydrogens (tertiary/aromatic N) is 4. The van der Waals surface area contributed by atoms with Gasteiger partial charge in [0.05, 0.1) is 5.69 Å². The van der Waals surface area contributed by atoms with Crippen LogP contribution in [0.1, 0.15) is 17.5 Å². The van der Waals surface area contributed by atoms with Gasteiger partial charge in [0.1, 0.15) is 4.33 Å². The molecule has 1 aromatic heterocycles. The van der Waals surface area contributed by atoms with E-state index >= 15 is 0 Å². The molecule has 4 nitrogen and oxygen atoms in total. The highest BCUT2D eigenvalue weighted by atomic mass is 35.5. The van der Waals surface area contributed by atoms with Crippen molar-refractivity contribution in [2.75, 3.05) is 5.75 Å². The molecule has 1 aliphatic rings. The predicted molar refractivity (Wildman–Crippen MR) is 81.9 cm³/mol. The molecule has 0 radical (unpaired) electrons. The number of thioether (sulfide) groups is 1. The van der Waals surface area contributed by atoms with Crippen LogP contribution in [0.5, 0.6) is 0 Å². The molecule has 0 spiro atoms. The molecule has 1 aromatic carbocycles. The number of hydrogen-bond acceptors (Lipinski definition) is 4. The van der Waals surface area contributed by atoms with Crippen molar-refractivity contribution in [2.24, 2.45) is 5.92 Å². The normalized spacial score (nSPS) is 20.1. The zero-order valence-electron chi connectivity index (χ0n) is 11.2. The first-order chi connectivity index (χ1) is 9.49. The molecule has 0 amide bonds. The topological polar surface area (TPSA) is 43.6 Å². The number of aryl methyl sites for hydroxylation is 1. The molecule has 7 heteroatoms. The van der Waals surface area contributed by atoms with Crippen LogP contribution in [0.3, 0.4) is 0 Å². The Morgan fingerprint density at radius 1 is 1.40 bits per heavy atom. The SMILES string of the molecule is Cc1cccc(-n2nnnc2SCC2CC2(Cl)Cl)c1C. The summed E-state index contributed by atoms with van der Waals surface area (Å²) in [5.41, 5.74) is 3.41. The molecular formula is C13H14Cl2N4S. The first-order valence-electron chi connectivity index (χ1n) is 6.34. The second-order valence-electron chi connectivity index (χ2n) is 5.07. The van der Waals surface area contributed by atoms with E-state index in [-0.39, 0.29) is 0 Å². The quantitative estimate of drug-likeness (QED) is 0.635. The van der Waals surface area contributed by atoms with Gasteiger partial charge < -0.3 is 0 Å². The highest BCUT2D eigenvalue weighted by molar-refractivity contribution is 7.99. The number of hydrogen-bond donors (Lipinski definition) is 0. The van der Waals surface area contributed by atoms with E-state index in [0.29, 0.717) is 5.92 Å². The van der Waals surface area contributed by atoms with E-state index in [2.05, 4.69) is 35.4 Å². The van der Waals surface area contributed by atoms with Gasteiger partial charge in [-0.05, 0) is 47.9 Å². The first kappa shape index (κ1) is 14.2. The molecule has 2 aromatic rings. The lowest BCUT2D eigenvalue weighted by Gasteiger charge is -2.09. The fourth-order valence-corrected chi connectivity index (χ4v) is 3.82. The van der Waals surface area contributed by atoms with Crippen LogP contribution in [0, 0.1) is 19.8 Å². The third kappa shape index (κ3) is 2.67. The maximum Gasteiger partial charge on any atom is 0.214 e. The van der Waals surface area contributed by atoms with Crippen molar-refractivity contribution in [2.45, 2.75) is 29.8 Å². The monoisotopic (exact) mass is 328 g/mol. The van der Waals surface area contributed by atoms with E-state index < -0.39 is 4.33 Å². The Kier molecular flexibility index (Phi) is 3.69. The van der Waals surface area contributed by atoms with E-state index in [1.807, 2.05) is 12.1 Å². The molecule has 0 bridgehead atoms. The Bertz CT molecular complexity index is 641. The van der Waals surface area contributed by atoms with Gasteiger partial charge in [0.2, 0.25) is 5.16 Å². The lowest BCUT2D eigenvalue weighted by atomic mass is 10.1. The van der Waals surface area contributed by atoms with Crippen LogP contribution in [0.25, 0.3) is 5.69 Å². The van der Waals surface area contributed by atoms with Crippen LogP contribution < -0.4 is 0 Å². The molecule has 1 atom stereocenters. The van der Waals surface area contributed by atoms with Crippen LogP contribution in [-0.2, 0) is 0 Å². The van der Waals surface area contributed by atoms with Crippen molar-refractivity contribution in [3.8, 4) is 5.69 Å². The molecule has 106 valence electrons. The van der Waals surface area contributed by atoms with Crippen LogP contribution in [0.15, 0.2) is 23.4 Å². The molecule has 20 heavy (non-hydrogen) atoms. The fourth-order valence-electron chi connectivity index (χ4n) is 2.01. The number of benzene rings is 1. The van der Waals surface area contributed by atoms with E-state index in [1.54, 1.807) is 16.4 Å². The third-order valence-corrected chi connectivity index (χ3v) is 5.62. The van der Waals surface area contributed by atoms with Gasteiger partial charge in [-0.1, -0.05) is 23.9 Å². The van der Waals surface area contributed by atoms with Gasteiger partial charge in [-0.3, -0.25) is 0 Å². The Morgan fingerprint density at radius 2 is 2.15 bits per heavy atom. The van der Waals surface area contributed by atoms with Gasteiger partial charge >= 0.3 is 0 Å². The Balaban J connectivity index is 1.81. The molecule has 3 rings (SSSR count). The molecular weight excluding hydrogens is 315 g/mol. The van der Waals surface area contributed by atoms with Crippen molar-refractivity contribution in [1.82, 2.24) is 20.2 Å². The number of tetrazole rings is 1. The predicted octanol–water partition coefficient (Wildman–Crippen LogP) is 3.57. The van der Waals surface area contributed by atoms with Crippen LogP contribution >= 0.6 is 35.0 Å². The lowest BCUT2D eigenvalue weighted by Crippen LogP contribution is -2.03. The first-order valence-corrected chi connectivity index (χ1v) is 8.09. The summed E-state index contributed by atoms with van der Waals surface area (Å²) < 4.78 is 1.23. The van der Waals surface area contributed by atoms with Crippen molar-refractivity contribution in [3.05, 3.63) is 29.3 Å². The van der Waals surface area contributed by atoms with E-state index in [0.717, 1.165) is 23.0 Å². The maximum atomic E-state index is 6.04. The smallest absolute Gasteiger partial charge is 0.187 e. The lowest BCUT2D eigenvalue weighted by molar-refractivity contribution is 0.750. The molecule has 1 aliphatic carbocycles. The summed E-state index contributed by atoms with van der Waals surface area (Å²) >= 11 is 13.7. The summed E-state index contributed by atoms with van der Waals surface area (Å²) in [4.78, 5) is 0. The van der Waals surface area contributed by atoms with Crippen molar-refractivity contribution < 1.29 is 0 Å². The molecule has 0 aliphatic heterocycles. The van der Waals surface area contributed by atoms with Gasteiger partial charge in [-0.2, -0.15) is 4.68 Å². The van der Waals surface area contributed by atoms with Crippen molar-refractivity contribution in [1.29, 1.82) is 0 Å². The van der Waals surface area contributed by atoms with Gasteiger partial charge in [0.15, 0.2) is 0 Å². The van der Waals surface area contributed by atoms with Gasteiger partial charge in [0, 0.05) is 11.7 Å². The Labute approximate surface area is 131 Å². The zero-order valence-corrected chi connectivity index (χ0v) is 13.5. The van der Waals surface area contributed by atoms with Gasteiger partial charge in [-0.15, -0.1) is 28.3 Å². The molecule has 1 fully saturated rings. The number of halogens is 2. The highest BCUT2D eigenvalue weighted by Crippen LogP contribution is 2.54. The van der Waals surface area contributed by atoms with E-state index in [4.69, 9.17) is 23.2 Å². The largest absolute Gasteiger partial charge is 0.214 e. The third-order valence-electron chi connectivity index (χ3n) is 3.61. The minimum atomic E-state index is -0.551. The van der Waals surface area contributed by atoms with Crippen molar-refractivity contribution in [3.63, 3.8) is 0 Å². The summed E-state index contributed by atoms with van der Waals surface area (Å²) in [6.45, 7) is 4.15. The number of alkyl halides is 2. The summed E-state index contributed by atoms with van der Waals surface area (Å²) in [5.74, 6) is 1.15. The molecule has 1 unspecified atom stereocenters. The molecule has 0 N–H and O–H groups in total. The summed E-state index contributed by atoms with van der Waals surface area (Å²) in [6, 6.07) is 6.11. The fraction of sp³-hybridized carbons (Fsp3) is 0.462. The highest BCUT2D eigenvalue weighted by Gasteiger charge is 2.51. The van der Waals surface area contributed by atoms with Crippen LogP contribution in [0.4, 0.5) is 0 Å². The minimum Gasteiger partial charge on any atom is -0.187 e. The average Bonchev–Trinajstić information content (AvgIpc) is 2.83. The number of rotatable bonds is 4. The summed E-state index contributed by atoms with van der Waals surface area (Å²) in [7, 11) is 0. The Hall–Kier alpha value is -0.780. The van der Waals surface area contributed by atoms with Gasteiger partial charge in [0.25, 0.3) is 0 Å². The van der Waals surface area contributed by atoms with E-state index in [1.165, 1.54) is 11.1 Å². The van der Waals surface area contributed by atoms with Crippen molar-refractivity contribution >= 4 is 35.0 Å². The second kappa shape index (κ2) is 5.20. The van der Waals surface area contributed by atoms with Crippen LogP contribution in [-0.4, -0.2) is 30.3 Å². The maximum absolute atomic E-state index is 6.04. The summed E-state index contributed by atoms with van der Waals surface area (Å²) in [6.07, 6.45) is 0.841. The summed E-state index contributed by atoms with van der Waals surface area (Å²) in [5, 5.41) is 12.7. The average molecular weight is 329 g/mol. The Morgan fingerprint density at radius 3 is 2.85 bits per heavy atom. The molecule has 1 heterocycles. The van der Waals surface area contributed by atoms with E-state index in [9.17, 15) is 0 Å².